The number of rotatable bonds is 6. The lowest BCUT2D eigenvalue weighted by Gasteiger charge is -2.26. The summed E-state index contributed by atoms with van der Waals surface area (Å²) >= 11 is 5.90. The predicted molar refractivity (Wildman–Crippen MR) is 132 cm³/mol. The lowest BCUT2D eigenvalue weighted by molar-refractivity contribution is -0.115. The number of nitrogens with zero attached hydrogens (tertiary/aromatic N) is 4. The van der Waals surface area contributed by atoms with Gasteiger partial charge in [0.05, 0.1) is 18.1 Å². The van der Waals surface area contributed by atoms with Gasteiger partial charge >= 0.3 is 0 Å². The zero-order valence-electron chi connectivity index (χ0n) is 18.9. The van der Waals surface area contributed by atoms with Crippen LogP contribution in [0.5, 0.6) is 0 Å². The number of benzene rings is 1. The van der Waals surface area contributed by atoms with Crippen molar-refractivity contribution in [2.45, 2.75) is 44.2 Å². The molecule has 1 amide bonds. The van der Waals surface area contributed by atoms with Crippen molar-refractivity contribution in [2.24, 2.45) is 0 Å². The van der Waals surface area contributed by atoms with E-state index in [0.717, 1.165) is 31.2 Å². The largest absolute Gasteiger partial charge is 0.393 e. The van der Waals surface area contributed by atoms with Crippen LogP contribution in [0.15, 0.2) is 61.3 Å². The van der Waals surface area contributed by atoms with Crippen molar-refractivity contribution < 1.29 is 14.7 Å². The molecule has 0 bridgehead atoms. The average molecular weight is 490 g/mol. The molecule has 0 radical (unpaired) electrons. The molecular formula is C26H24ClN5O3. The number of carbonyl (C=O) groups excluding carboxylic acids is 2. The number of amides is 1. The van der Waals surface area contributed by atoms with E-state index in [2.05, 4.69) is 20.3 Å². The van der Waals surface area contributed by atoms with Gasteiger partial charge in [-0.15, -0.1) is 0 Å². The van der Waals surface area contributed by atoms with Crippen LogP contribution in [-0.2, 0) is 11.2 Å². The molecule has 9 heteroatoms. The van der Waals surface area contributed by atoms with E-state index in [1.165, 1.54) is 12.5 Å². The summed E-state index contributed by atoms with van der Waals surface area (Å²) in [6.45, 7) is 0. The number of hydrogen-bond acceptors (Lipinski definition) is 6. The molecule has 0 unspecified atom stereocenters. The van der Waals surface area contributed by atoms with Gasteiger partial charge in [0.2, 0.25) is 5.91 Å². The fourth-order valence-corrected chi connectivity index (χ4v) is 4.68. The summed E-state index contributed by atoms with van der Waals surface area (Å²) in [5, 5.41) is 13.9. The van der Waals surface area contributed by atoms with Crippen molar-refractivity contribution in [3.8, 4) is 0 Å². The van der Waals surface area contributed by atoms with Crippen LogP contribution < -0.4 is 5.32 Å². The van der Waals surface area contributed by atoms with Gasteiger partial charge < -0.3 is 15.0 Å². The normalized spacial score (nSPS) is 17.9. The third-order valence-corrected chi connectivity index (χ3v) is 6.62. The second-order valence-electron chi connectivity index (χ2n) is 8.78. The van der Waals surface area contributed by atoms with Crippen molar-refractivity contribution in [1.82, 2.24) is 19.5 Å². The fourth-order valence-electron chi connectivity index (χ4n) is 4.55. The van der Waals surface area contributed by atoms with Crippen molar-refractivity contribution in [1.29, 1.82) is 0 Å². The van der Waals surface area contributed by atoms with E-state index in [1.807, 2.05) is 10.8 Å². The second kappa shape index (κ2) is 9.93. The number of halogens is 1. The van der Waals surface area contributed by atoms with Crippen molar-refractivity contribution in [2.75, 3.05) is 5.32 Å². The highest BCUT2D eigenvalue weighted by atomic mass is 35.5. The van der Waals surface area contributed by atoms with Crippen LogP contribution in [0, 0.1) is 0 Å². The van der Waals surface area contributed by atoms with Gasteiger partial charge in [-0.1, -0.05) is 23.7 Å². The summed E-state index contributed by atoms with van der Waals surface area (Å²) in [6.07, 6.45) is 9.46. The Bertz CT molecular complexity index is 1380. The molecule has 0 aliphatic heterocycles. The summed E-state index contributed by atoms with van der Waals surface area (Å²) in [7, 11) is 0. The SMILES string of the molecule is O=C(Cc1ccc(Cl)cc1)Nc1cc(C(=O)c2cn(C3CCC(O)CC3)c3ncncc23)ccn1. The quantitative estimate of drug-likeness (QED) is 0.389. The van der Waals surface area contributed by atoms with E-state index < -0.39 is 0 Å². The number of pyridine rings is 1. The Morgan fingerprint density at radius 2 is 1.86 bits per heavy atom. The molecule has 35 heavy (non-hydrogen) atoms. The topological polar surface area (TPSA) is 110 Å². The molecule has 3 aromatic heterocycles. The van der Waals surface area contributed by atoms with Gasteiger partial charge in [-0.25, -0.2) is 15.0 Å². The Hall–Kier alpha value is -3.62. The number of hydrogen-bond donors (Lipinski definition) is 2. The number of carbonyl (C=O) groups is 2. The summed E-state index contributed by atoms with van der Waals surface area (Å²) in [4.78, 5) is 38.8. The highest BCUT2D eigenvalue weighted by molar-refractivity contribution is 6.30. The lowest BCUT2D eigenvalue weighted by Crippen LogP contribution is -2.20. The van der Waals surface area contributed by atoms with E-state index in [9.17, 15) is 14.7 Å². The molecule has 178 valence electrons. The molecule has 2 N–H and O–H groups in total. The molecule has 1 aliphatic rings. The Labute approximate surface area is 207 Å². The third-order valence-electron chi connectivity index (χ3n) is 6.37. The van der Waals surface area contributed by atoms with Gasteiger partial charge in [0.25, 0.3) is 0 Å². The summed E-state index contributed by atoms with van der Waals surface area (Å²) < 4.78 is 2.03. The minimum atomic E-state index is -0.269. The molecular weight excluding hydrogens is 466 g/mol. The van der Waals surface area contributed by atoms with Crippen LogP contribution in [0.4, 0.5) is 5.82 Å². The van der Waals surface area contributed by atoms with Crippen LogP contribution in [-0.4, -0.2) is 42.4 Å². The first-order valence-electron chi connectivity index (χ1n) is 11.5. The number of ketones is 1. The number of aliphatic hydroxyl groups excluding tert-OH is 1. The Balaban J connectivity index is 1.38. The molecule has 8 nitrogen and oxygen atoms in total. The molecule has 4 aromatic rings. The molecule has 0 atom stereocenters. The zero-order valence-corrected chi connectivity index (χ0v) is 19.7. The predicted octanol–water partition coefficient (Wildman–Crippen LogP) is 4.37. The highest BCUT2D eigenvalue weighted by Crippen LogP contribution is 2.33. The van der Waals surface area contributed by atoms with E-state index >= 15 is 0 Å². The number of nitrogens with one attached hydrogen (secondary N) is 1. The van der Waals surface area contributed by atoms with Gasteiger partial charge in [-0.05, 0) is 55.5 Å². The Kier molecular flexibility index (Phi) is 6.57. The lowest BCUT2D eigenvalue weighted by atomic mass is 9.93. The van der Waals surface area contributed by atoms with E-state index in [0.29, 0.717) is 33.0 Å². The maximum atomic E-state index is 13.5. The van der Waals surface area contributed by atoms with Crippen LogP contribution in [0.1, 0.15) is 53.2 Å². The van der Waals surface area contributed by atoms with Gasteiger partial charge in [-0.3, -0.25) is 9.59 Å². The van der Waals surface area contributed by atoms with Gasteiger partial charge in [0, 0.05) is 40.6 Å². The first-order chi connectivity index (χ1) is 17.0. The van der Waals surface area contributed by atoms with E-state index in [1.54, 1.807) is 42.6 Å². The van der Waals surface area contributed by atoms with Crippen LogP contribution in [0.3, 0.4) is 0 Å². The third kappa shape index (κ3) is 5.08. The molecule has 3 heterocycles. The van der Waals surface area contributed by atoms with E-state index in [4.69, 9.17) is 11.6 Å². The molecule has 1 saturated carbocycles. The summed E-state index contributed by atoms with van der Waals surface area (Å²) in [5.41, 5.74) is 2.43. The number of anilines is 1. The maximum Gasteiger partial charge on any atom is 0.229 e. The number of aliphatic hydroxyl groups is 1. The number of fused-ring (bicyclic) bond motifs is 1. The standard InChI is InChI=1S/C26H24ClN5O3/c27-18-3-1-16(2-4-18)11-24(34)31-23-12-17(9-10-29-23)25(35)22-14-32(19-5-7-20(33)8-6-19)26-21(22)13-28-15-30-26/h1-4,9-10,12-15,19-20,33H,5-8,11H2,(H,29,31,34). The Morgan fingerprint density at radius 3 is 2.63 bits per heavy atom. The fraction of sp³-hybridized carbons (Fsp3) is 0.269. The zero-order chi connectivity index (χ0) is 24.4. The minimum absolute atomic E-state index is 0.164. The maximum absolute atomic E-state index is 13.5. The monoisotopic (exact) mass is 489 g/mol. The minimum Gasteiger partial charge on any atom is -0.393 e. The Morgan fingerprint density at radius 1 is 1.09 bits per heavy atom. The van der Waals surface area contributed by atoms with E-state index in [-0.39, 0.29) is 30.3 Å². The molecule has 5 rings (SSSR count). The smallest absolute Gasteiger partial charge is 0.229 e. The first-order valence-corrected chi connectivity index (χ1v) is 11.9. The van der Waals surface area contributed by atoms with Crippen molar-refractivity contribution in [3.05, 3.63) is 83.0 Å². The highest BCUT2D eigenvalue weighted by Gasteiger charge is 2.25. The van der Waals surface area contributed by atoms with Gasteiger partial charge in [-0.2, -0.15) is 0 Å². The second-order valence-corrected chi connectivity index (χ2v) is 9.22. The van der Waals surface area contributed by atoms with Crippen LogP contribution in [0.25, 0.3) is 11.0 Å². The first kappa shape index (κ1) is 23.1. The van der Waals surface area contributed by atoms with Gasteiger partial charge in [0.1, 0.15) is 17.8 Å². The average Bonchev–Trinajstić information content (AvgIpc) is 3.25. The number of aromatic nitrogens is 4. The van der Waals surface area contributed by atoms with Crippen molar-refractivity contribution in [3.63, 3.8) is 0 Å². The molecule has 0 saturated heterocycles. The molecule has 1 fully saturated rings. The van der Waals surface area contributed by atoms with Crippen molar-refractivity contribution >= 4 is 40.1 Å². The molecule has 1 aromatic carbocycles. The van der Waals surface area contributed by atoms with Crippen LogP contribution >= 0.6 is 11.6 Å². The van der Waals surface area contributed by atoms with Gasteiger partial charge in [0.15, 0.2) is 5.78 Å². The molecule has 0 spiro atoms. The molecule has 1 aliphatic carbocycles. The summed E-state index contributed by atoms with van der Waals surface area (Å²) in [5.74, 6) is -0.139. The van der Waals surface area contributed by atoms with Crippen LogP contribution in [0.2, 0.25) is 5.02 Å². The summed E-state index contributed by atoms with van der Waals surface area (Å²) in [6, 6.07) is 10.4.